The van der Waals surface area contributed by atoms with E-state index >= 15 is 0 Å². The topological polar surface area (TPSA) is 52.7 Å². The number of likely N-dealkylation sites (N-methyl/N-ethyl adjacent to an activating group) is 1. The molecular formula is C20H20ClN3O2. The maximum absolute atomic E-state index is 13.0. The van der Waals surface area contributed by atoms with Crippen molar-refractivity contribution in [3.8, 4) is 0 Å². The van der Waals surface area contributed by atoms with Gasteiger partial charge in [-0.2, -0.15) is 0 Å². The van der Waals surface area contributed by atoms with E-state index in [1.54, 1.807) is 18.0 Å². The summed E-state index contributed by atoms with van der Waals surface area (Å²) >= 11 is 6.30. The van der Waals surface area contributed by atoms with Gasteiger partial charge in [-0.25, -0.2) is 0 Å². The Bertz CT molecular complexity index is 883. The van der Waals surface area contributed by atoms with Crippen molar-refractivity contribution < 1.29 is 9.59 Å². The van der Waals surface area contributed by atoms with E-state index in [-0.39, 0.29) is 30.9 Å². The van der Waals surface area contributed by atoms with Gasteiger partial charge in [-0.05, 0) is 41.3 Å². The maximum atomic E-state index is 13.0. The summed E-state index contributed by atoms with van der Waals surface area (Å²) in [4.78, 5) is 28.7. The first-order chi connectivity index (χ1) is 12.6. The monoisotopic (exact) mass is 369 g/mol. The molecule has 134 valence electrons. The van der Waals surface area contributed by atoms with Crippen LogP contribution in [-0.4, -0.2) is 43.4 Å². The van der Waals surface area contributed by atoms with Crippen LogP contribution in [0.1, 0.15) is 22.7 Å². The van der Waals surface area contributed by atoms with E-state index in [2.05, 4.69) is 22.3 Å². The second kappa shape index (κ2) is 6.74. The lowest BCUT2D eigenvalue weighted by Crippen LogP contribution is -2.44. The minimum Gasteiger partial charge on any atom is -0.358 e. The summed E-state index contributed by atoms with van der Waals surface area (Å²) in [6, 6.07) is 13.9. The molecule has 1 atom stereocenters. The van der Waals surface area contributed by atoms with Crippen molar-refractivity contribution in [3.05, 3.63) is 64.2 Å². The molecule has 2 aliphatic heterocycles. The SMILES string of the molecule is CNC(=O)CN1C(=O)CN2CCc3ccccc3C2c2cc(Cl)ccc21. The number of hydrogen-bond donors (Lipinski definition) is 1. The number of nitrogens with zero attached hydrogens (tertiary/aromatic N) is 2. The maximum Gasteiger partial charge on any atom is 0.241 e. The van der Waals surface area contributed by atoms with Gasteiger partial charge in [0, 0.05) is 24.3 Å². The molecule has 4 rings (SSSR count). The van der Waals surface area contributed by atoms with E-state index in [1.807, 2.05) is 24.3 Å². The largest absolute Gasteiger partial charge is 0.358 e. The molecule has 0 aromatic heterocycles. The Labute approximate surface area is 157 Å². The standard InChI is InChI=1S/C20H20ClN3O2/c1-22-18(25)11-24-17-7-6-14(21)10-16(17)20-15-5-3-2-4-13(15)8-9-23(20)12-19(24)26/h2-7,10,20H,8-9,11-12H2,1H3,(H,22,25). The molecule has 5 nitrogen and oxygen atoms in total. The molecule has 2 aromatic carbocycles. The molecule has 2 heterocycles. The molecule has 0 radical (unpaired) electrons. The zero-order valence-electron chi connectivity index (χ0n) is 14.5. The lowest BCUT2D eigenvalue weighted by atomic mass is 9.88. The Morgan fingerprint density at radius 3 is 2.85 bits per heavy atom. The highest BCUT2D eigenvalue weighted by atomic mass is 35.5. The number of carbonyl (C=O) groups excluding carboxylic acids is 2. The molecule has 26 heavy (non-hydrogen) atoms. The van der Waals surface area contributed by atoms with Crippen LogP contribution in [0.5, 0.6) is 0 Å². The number of benzene rings is 2. The second-order valence-electron chi connectivity index (χ2n) is 6.68. The third-order valence-electron chi connectivity index (χ3n) is 5.18. The third kappa shape index (κ3) is 2.87. The zero-order valence-corrected chi connectivity index (χ0v) is 15.3. The van der Waals surface area contributed by atoms with Crippen LogP contribution in [-0.2, 0) is 16.0 Å². The molecule has 2 amide bonds. The predicted molar refractivity (Wildman–Crippen MR) is 101 cm³/mol. The van der Waals surface area contributed by atoms with Crippen molar-refractivity contribution in [2.24, 2.45) is 0 Å². The van der Waals surface area contributed by atoms with Crippen LogP contribution in [0.3, 0.4) is 0 Å². The molecule has 1 unspecified atom stereocenters. The van der Waals surface area contributed by atoms with Gasteiger partial charge in [0.15, 0.2) is 0 Å². The number of fused-ring (bicyclic) bond motifs is 5. The summed E-state index contributed by atoms with van der Waals surface area (Å²) in [5.41, 5.74) is 4.23. The van der Waals surface area contributed by atoms with Gasteiger partial charge >= 0.3 is 0 Å². The van der Waals surface area contributed by atoms with Gasteiger partial charge in [-0.3, -0.25) is 14.5 Å². The van der Waals surface area contributed by atoms with Crippen molar-refractivity contribution >= 4 is 29.1 Å². The molecule has 0 fully saturated rings. The summed E-state index contributed by atoms with van der Waals surface area (Å²) in [6.07, 6.45) is 0.908. The van der Waals surface area contributed by atoms with Gasteiger partial charge in [-0.15, -0.1) is 0 Å². The second-order valence-corrected chi connectivity index (χ2v) is 7.11. The molecule has 1 N–H and O–H groups in total. The first kappa shape index (κ1) is 17.1. The number of rotatable bonds is 2. The smallest absolute Gasteiger partial charge is 0.241 e. The number of anilines is 1. The van der Waals surface area contributed by atoms with E-state index in [1.165, 1.54) is 11.1 Å². The lowest BCUT2D eigenvalue weighted by Gasteiger charge is -2.36. The van der Waals surface area contributed by atoms with Gasteiger partial charge in [0.25, 0.3) is 0 Å². The fourth-order valence-corrected chi connectivity index (χ4v) is 4.11. The third-order valence-corrected chi connectivity index (χ3v) is 5.41. The minimum atomic E-state index is -0.195. The van der Waals surface area contributed by atoms with Crippen molar-refractivity contribution in [1.29, 1.82) is 0 Å². The fraction of sp³-hybridized carbons (Fsp3) is 0.300. The van der Waals surface area contributed by atoms with Gasteiger partial charge in [0.1, 0.15) is 6.54 Å². The fourth-order valence-electron chi connectivity index (χ4n) is 3.93. The molecule has 0 aliphatic carbocycles. The Morgan fingerprint density at radius 2 is 2.04 bits per heavy atom. The summed E-state index contributed by atoms with van der Waals surface area (Å²) < 4.78 is 0. The molecule has 6 heteroatoms. The number of carbonyl (C=O) groups is 2. The van der Waals surface area contributed by atoms with Gasteiger partial charge in [0.2, 0.25) is 11.8 Å². The molecule has 0 saturated carbocycles. The van der Waals surface area contributed by atoms with Gasteiger partial charge in [-0.1, -0.05) is 35.9 Å². The Balaban J connectivity index is 1.89. The Hall–Kier alpha value is -2.37. The van der Waals surface area contributed by atoms with E-state index in [0.717, 1.165) is 24.2 Å². The Kier molecular flexibility index (Phi) is 4.42. The van der Waals surface area contributed by atoms with Gasteiger partial charge in [0.05, 0.1) is 12.6 Å². The highest BCUT2D eigenvalue weighted by Gasteiger charge is 2.37. The van der Waals surface area contributed by atoms with Crippen LogP contribution in [0.25, 0.3) is 0 Å². The van der Waals surface area contributed by atoms with Crippen molar-refractivity contribution in [2.75, 3.05) is 31.6 Å². The number of hydrogen-bond acceptors (Lipinski definition) is 3. The van der Waals surface area contributed by atoms with Crippen LogP contribution in [0.2, 0.25) is 5.02 Å². The molecule has 0 spiro atoms. The van der Waals surface area contributed by atoms with Crippen molar-refractivity contribution in [2.45, 2.75) is 12.5 Å². The first-order valence-electron chi connectivity index (χ1n) is 8.70. The van der Waals surface area contributed by atoms with E-state index in [4.69, 9.17) is 11.6 Å². The lowest BCUT2D eigenvalue weighted by molar-refractivity contribution is -0.124. The van der Waals surface area contributed by atoms with Crippen molar-refractivity contribution in [1.82, 2.24) is 10.2 Å². The van der Waals surface area contributed by atoms with Crippen LogP contribution < -0.4 is 10.2 Å². The quantitative estimate of drug-likeness (QED) is 0.884. The molecule has 2 aliphatic rings. The highest BCUT2D eigenvalue weighted by molar-refractivity contribution is 6.30. The number of amides is 2. The number of halogens is 1. The molecule has 2 aromatic rings. The van der Waals surface area contributed by atoms with Crippen LogP contribution in [0, 0.1) is 0 Å². The average Bonchev–Trinajstić information content (AvgIpc) is 2.76. The van der Waals surface area contributed by atoms with E-state index in [0.29, 0.717) is 5.02 Å². The summed E-state index contributed by atoms with van der Waals surface area (Å²) in [6.45, 7) is 1.08. The van der Waals surface area contributed by atoms with Crippen LogP contribution in [0.15, 0.2) is 42.5 Å². The molecular weight excluding hydrogens is 350 g/mol. The van der Waals surface area contributed by atoms with Crippen LogP contribution >= 0.6 is 11.6 Å². The average molecular weight is 370 g/mol. The van der Waals surface area contributed by atoms with E-state index < -0.39 is 0 Å². The predicted octanol–water partition coefficient (Wildman–Crippen LogP) is 2.38. The summed E-state index contributed by atoms with van der Waals surface area (Å²) in [7, 11) is 1.58. The molecule has 0 bridgehead atoms. The summed E-state index contributed by atoms with van der Waals surface area (Å²) in [5.74, 6) is -0.265. The highest BCUT2D eigenvalue weighted by Crippen LogP contribution is 2.42. The minimum absolute atomic E-state index is 0.00612. The van der Waals surface area contributed by atoms with E-state index in [9.17, 15) is 9.59 Å². The number of nitrogens with one attached hydrogen (secondary N) is 1. The molecule has 0 saturated heterocycles. The van der Waals surface area contributed by atoms with Gasteiger partial charge < -0.3 is 10.2 Å². The van der Waals surface area contributed by atoms with Crippen molar-refractivity contribution in [3.63, 3.8) is 0 Å². The van der Waals surface area contributed by atoms with Crippen LogP contribution in [0.4, 0.5) is 5.69 Å². The Morgan fingerprint density at radius 1 is 1.23 bits per heavy atom. The first-order valence-corrected chi connectivity index (χ1v) is 9.08. The zero-order chi connectivity index (χ0) is 18.3. The summed E-state index contributed by atoms with van der Waals surface area (Å²) in [5, 5.41) is 3.23. The normalized spacial score (nSPS) is 19.2.